The summed E-state index contributed by atoms with van der Waals surface area (Å²) >= 11 is 12.1. The van der Waals surface area contributed by atoms with Gasteiger partial charge in [-0.1, -0.05) is 41.9 Å². The van der Waals surface area contributed by atoms with Gasteiger partial charge in [-0.15, -0.1) is 11.6 Å². The second-order valence-electron chi connectivity index (χ2n) is 4.43. The molecule has 2 aromatic carbocycles. The molecular formula is C16H15Cl2NO2. The van der Waals surface area contributed by atoms with E-state index >= 15 is 0 Å². The fourth-order valence-electron chi connectivity index (χ4n) is 1.91. The summed E-state index contributed by atoms with van der Waals surface area (Å²) in [5.41, 5.74) is 1.39. The molecule has 5 heteroatoms. The Morgan fingerprint density at radius 2 is 1.95 bits per heavy atom. The number of carbonyl (C=O) groups is 1. The summed E-state index contributed by atoms with van der Waals surface area (Å²) in [4.78, 5) is 12.2. The van der Waals surface area contributed by atoms with Crippen LogP contribution in [0.5, 0.6) is 5.75 Å². The molecule has 1 unspecified atom stereocenters. The van der Waals surface area contributed by atoms with Gasteiger partial charge in [0.25, 0.3) is 5.91 Å². The van der Waals surface area contributed by atoms with Crippen molar-refractivity contribution in [1.82, 2.24) is 5.32 Å². The highest BCUT2D eigenvalue weighted by molar-refractivity contribution is 6.30. The smallest absolute Gasteiger partial charge is 0.255 e. The van der Waals surface area contributed by atoms with E-state index in [1.54, 1.807) is 18.2 Å². The molecule has 2 aromatic rings. The number of halogens is 2. The highest BCUT2D eigenvalue weighted by atomic mass is 35.5. The van der Waals surface area contributed by atoms with E-state index in [1.165, 1.54) is 7.11 Å². The van der Waals surface area contributed by atoms with E-state index in [1.807, 2.05) is 30.3 Å². The SMILES string of the molecule is COc1cc(Cl)ccc1C(=O)NCC(Cl)c1ccccc1. The number of benzene rings is 2. The van der Waals surface area contributed by atoms with E-state index in [2.05, 4.69) is 5.32 Å². The van der Waals surface area contributed by atoms with Gasteiger partial charge in [0.1, 0.15) is 5.75 Å². The minimum atomic E-state index is -0.284. The summed E-state index contributed by atoms with van der Waals surface area (Å²) in [6, 6.07) is 14.5. The number of amides is 1. The Balaban J connectivity index is 2.02. The minimum absolute atomic E-state index is 0.245. The summed E-state index contributed by atoms with van der Waals surface area (Å²) in [6.07, 6.45) is 0. The fourth-order valence-corrected chi connectivity index (χ4v) is 2.29. The van der Waals surface area contributed by atoms with E-state index in [0.29, 0.717) is 22.9 Å². The molecule has 0 aliphatic carbocycles. The number of alkyl halides is 1. The fraction of sp³-hybridized carbons (Fsp3) is 0.188. The second kappa shape index (κ2) is 7.34. The Hall–Kier alpha value is -1.71. The van der Waals surface area contributed by atoms with Crippen molar-refractivity contribution in [1.29, 1.82) is 0 Å². The van der Waals surface area contributed by atoms with Crippen molar-refractivity contribution >= 4 is 29.1 Å². The summed E-state index contributed by atoms with van der Waals surface area (Å²) < 4.78 is 5.16. The van der Waals surface area contributed by atoms with E-state index in [4.69, 9.17) is 27.9 Å². The zero-order valence-electron chi connectivity index (χ0n) is 11.5. The number of hydrogen-bond acceptors (Lipinski definition) is 2. The molecule has 1 atom stereocenters. The van der Waals surface area contributed by atoms with Crippen molar-refractivity contribution in [3.05, 3.63) is 64.7 Å². The molecule has 0 bridgehead atoms. The highest BCUT2D eigenvalue weighted by Crippen LogP contribution is 2.24. The van der Waals surface area contributed by atoms with E-state index in [0.717, 1.165) is 5.56 Å². The van der Waals surface area contributed by atoms with Crippen molar-refractivity contribution in [3.63, 3.8) is 0 Å². The quantitative estimate of drug-likeness (QED) is 0.843. The maximum absolute atomic E-state index is 12.2. The lowest BCUT2D eigenvalue weighted by Gasteiger charge is -2.13. The van der Waals surface area contributed by atoms with Gasteiger partial charge in [0.15, 0.2) is 0 Å². The number of rotatable bonds is 5. The van der Waals surface area contributed by atoms with Crippen LogP contribution in [0.2, 0.25) is 5.02 Å². The number of nitrogens with one attached hydrogen (secondary N) is 1. The molecule has 21 heavy (non-hydrogen) atoms. The first kappa shape index (κ1) is 15.7. The molecule has 0 aliphatic rings. The monoisotopic (exact) mass is 323 g/mol. The molecule has 110 valence electrons. The highest BCUT2D eigenvalue weighted by Gasteiger charge is 2.14. The molecule has 0 radical (unpaired) electrons. The summed E-state index contributed by atoms with van der Waals surface area (Å²) in [7, 11) is 1.50. The molecule has 0 aromatic heterocycles. The molecule has 2 rings (SSSR count). The first-order valence-corrected chi connectivity index (χ1v) is 7.24. The lowest BCUT2D eigenvalue weighted by molar-refractivity contribution is 0.0950. The molecule has 3 nitrogen and oxygen atoms in total. The van der Waals surface area contributed by atoms with Crippen LogP contribution >= 0.6 is 23.2 Å². The van der Waals surface area contributed by atoms with Crippen LogP contribution in [0.4, 0.5) is 0 Å². The first-order chi connectivity index (χ1) is 10.1. The third-order valence-corrected chi connectivity index (χ3v) is 3.65. The van der Waals surface area contributed by atoms with Gasteiger partial charge < -0.3 is 10.1 Å². The van der Waals surface area contributed by atoms with Crippen molar-refractivity contribution in [3.8, 4) is 5.75 Å². The Bertz CT molecular complexity index is 617. The average Bonchev–Trinajstić information content (AvgIpc) is 2.52. The average molecular weight is 324 g/mol. The van der Waals surface area contributed by atoms with Gasteiger partial charge in [0, 0.05) is 11.6 Å². The number of ether oxygens (including phenoxy) is 1. The van der Waals surface area contributed by atoms with Gasteiger partial charge in [-0.05, 0) is 23.8 Å². The number of hydrogen-bond donors (Lipinski definition) is 1. The van der Waals surface area contributed by atoms with Gasteiger partial charge in [-0.3, -0.25) is 4.79 Å². The lowest BCUT2D eigenvalue weighted by atomic mass is 10.1. The second-order valence-corrected chi connectivity index (χ2v) is 5.40. The van der Waals surface area contributed by atoms with Crippen molar-refractivity contribution in [2.75, 3.05) is 13.7 Å². The Morgan fingerprint density at radius 3 is 2.62 bits per heavy atom. The van der Waals surface area contributed by atoms with Crippen LogP contribution in [0.1, 0.15) is 21.3 Å². The number of carbonyl (C=O) groups excluding carboxylic acids is 1. The zero-order chi connectivity index (χ0) is 15.2. The van der Waals surface area contributed by atoms with Crippen LogP contribution in [0.25, 0.3) is 0 Å². The van der Waals surface area contributed by atoms with Crippen LogP contribution < -0.4 is 10.1 Å². The van der Waals surface area contributed by atoms with E-state index < -0.39 is 0 Å². The van der Waals surface area contributed by atoms with Gasteiger partial charge in [0.05, 0.1) is 18.1 Å². The number of methoxy groups -OCH3 is 1. The first-order valence-electron chi connectivity index (χ1n) is 6.42. The summed E-state index contributed by atoms with van der Waals surface area (Å²) in [6.45, 7) is 0.330. The topological polar surface area (TPSA) is 38.3 Å². The van der Waals surface area contributed by atoms with E-state index in [-0.39, 0.29) is 11.3 Å². The molecule has 1 amide bonds. The summed E-state index contributed by atoms with van der Waals surface area (Å²) in [5.74, 6) is 0.191. The van der Waals surface area contributed by atoms with Crippen molar-refractivity contribution in [2.24, 2.45) is 0 Å². The predicted octanol–water partition coefficient (Wildman–Crippen LogP) is 4.06. The van der Waals surface area contributed by atoms with Crippen LogP contribution in [0.15, 0.2) is 48.5 Å². The molecular weight excluding hydrogens is 309 g/mol. The Morgan fingerprint density at radius 1 is 1.24 bits per heavy atom. The Labute approximate surface area is 133 Å². The van der Waals surface area contributed by atoms with Crippen LogP contribution in [0, 0.1) is 0 Å². The Kier molecular flexibility index (Phi) is 5.48. The standard InChI is InChI=1S/C16H15Cl2NO2/c1-21-15-9-12(17)7-8-13(15)16(20)19-10-14(18)11-5-3-2-4-6-11/h2-9,14H,10H2,1H3,(H,19,20). The van der Waals surface area contributed by atoms with E-state index in [9.17, 15) is 4.79 Å². The van der Waals surface area contributed by atoms with Gasteiger partial charge in [0.2, 0.25) is 0 Å². The van der Waals surface area contributed by atoms with Crippen molar-refractivity contribution < 1.29 is 9.53 Å². The normalized spacial score (nSPS) is 11.8. The molecule has 0 fully saturated rings. The van der Waals surface area contributed by atoms with Crippen LogP contribution in [0.3, 0.4) is 0 Å². The minimum Gasteiger partial charge on any atom is -0.496 e. The molecule has 0 spiro atoms. The largest absolute Gasteiger partial charge is 0.496 e. The third-order valence-electron chi connectivity index (χ3n) is 3.01. The van der Waals surface area contributed by atoms with Gasteiger partial charge in [-0.25, -0.2) is 0 Å². The predicted molar refractivity (Wildman–Crippen MR) is 85.4 cm³/mol. The zero-order valence-corrected chi connectivity index (χ0v) is 13.0. The maximum atomic E-state index is 12.2. The molecule has 0 saturated carbocycles. The third kappa shape index (κ3) is 4.13. The van der Waals surface area contributed by atoms with Gasteiger partial charge >= 0.3 is 0 Å². The molecule has 0 saturated heterocycles. The molecule has 0 aliphatic heterocycles. The van der Waals surface area contributed by atoms with Crippen molar-refractivity contribution in [2.45, 2.75) is 5.38 Å². The molecule has 0 heterocycles. The van der Waals surface area contributed by atoms with Crippen LogP contribution in [-0.2, 0) is 0 Å². The van der Waals surface area contributed by atoms with Crippen LogP contribution in [-0.4, -0.2) is 19.6 Å². The van der Waals surface area contributed by atoms with Gasteiger partial charge in [-0.2, -0.15) is 0 Å². The summed E-state index contributed by atoms with van der Waals surface area (Å²) in [5, 5.41) is 3.03. The maximum Gasteiger partial charge on any atom is 0.255 e. The molecule has 1 N–H and O–H groups in total. The lowest BCUT2D eigenvalue weighted by Crippen LogP contribution is -2.27.